The molecule has 4 aromatic rings. The van der Waals surface area contributed by atoms with Crippen molar-refractivity contribution in [2.75, 3.05) is 10.6 Å². The predicted octanol–water partition coefficient (Wildman–Crippen LogP) is 6.27. The molecule has 1 fully saturated rings. The highest BCUT2D eigenvalue weighted by Gasteiger charge is 2.22. The van der Waals surface area contributed by atoms with E-state index in [1.807, 2.05) is 36.8 Å². The van der Waals surface area contributed by atoms with Gasteiger partial charge in [-0.05, 0) is 49.9 Å². The summed E-state index contributed by atoms with van der Waals surface area (Å²) in [5, 5.41) is 11.7. The Morgan fingerprint density at radius 3 is 2.38 bits per heavy atom. The second-order valence-corrected chi connectivity index (χ2v) is 8.20. The number of rotatable bonds is 4. The van der Waals surface area contributed by atoms with Gasteiger partial charge in [0.25, 0.3) is 0 Å². The van der Waals surface area contributed by atoms with Crippen LogP contribution in [0.15, 0.2) is 67.1 Å². The number of hydrogen-bond acceptors (Lipinski definition) is 4. The van der Waals surface area contributed by atoms with E-state index in [0.717, 1.165) is 53.0 Å². The predicted molar refractivity (Wildman–Crippen MR) is 122 cm³/mol. The average Bonchev–Trinajstić information content (AvgIpc) is 2.75. The second kappa shape index (κ2) is 7.88. The van der Waals surface area contributed by atoms with Gasteiger partial charge in [0, 0.05) is 51.3 Å². The molecule has 2 heterocycles. The largest absolute Gasteiger partial charge is 0.382 e. The third kappa shape index (κ3) is 3.85. The Morgan fingerprint density at radius 1 is 0.793 bits per heavy atom. The summed E-state index contributed by atoms with van der Waals surface area (Å²) in [5.41, 5.74) is 3.21. The molecule has 5 rings (SSSR count). The molecule has 1 aliphatic rings. The van der Waals surface area contributed by atoms with E-state index in [0.29, 0.717) is 12.1 Å². The number of nitrogens with one attached hydrogen (secondary N) is 2. The van der Waals surface area contributed by atoms with Gasteiger partial charge in [0.05, 0.1) is 17.4 Å². The third-order valence-corrected chi connectivity index (χ3v) is 6.05. The molecule has 0 amide bonds. The van der Waals surface area contributed by atoms with Gasteiger partial charge in [-0.2, -0.15) is 0 Å². The quantitative estimate of drug-likeness (QED) is 0.422. The molecule has 4 nitrogen and oxygen atoms in total. The first kappa shape index (κ1) is 18.2. The molecule has 0 radical (unpaired) electrons. The minimum absolute atomic E-state index is 0.472. The normalized spacial score (nSPS) is 19.3. The van der Waals surface area contributed by atoms with Gasteiger partial charge < -0.3 is 10.6 Å². The topological polar surface area (TPSA) is 49.8 Å². The molecule has 2 aromatic carbocycles. The van der Waals surface area contributed by atoms with Crippen molar-refractivity contribution in [3.63, 3.8) is 0 Å². The Balaban J connectivity index is 1.25. The fraction of sp³-hybridized carbons (Fsp3) is 0.250. The van der Waals surface area contributed by atoms with Crippen LogP contribution in [0.4, 0.5) is 11.4 Å². The Kier molecular flexibility index (Phi) is 4.94. The molecular weight excluding hydrogens is 380 g/mol. The van der Waals surface area contributed by atoms with Crippen LogP contribution in [0.1, 0.15) is 25.7 Å². The molecule has 146 valence electrons. The molecule has 0 unspecified atom stereocenters. The lowest BCUT2D eigenvalue weighted by atomic mass is 9.90. The van der Waals surface area contributed by atoms with Crippen LogP contribution in [0.25, 0.3) is 21.7 Å². The van der Waals surface area contributed by atoms with E-state index in [-0.39, 0.29) is 0 Å². The molecule has 0 atom stereocenters. The number of nitrogens with zero attached hydrogens (tertiary/aromatic N) is 2. The second-order valence-electron chi connectivity index (χ2n) is 7.77. The Labute approximate surface area is 175 Å². The van der Waals surface area contributed by atoms with Gasteiger partial charge in [-0.15, -0.1) is 0 Å². The molecule has 0 saturated heterocycles. The van der Waals surface area contributed by atoms with Crippen LogP contribution in [0, 0.1) is 0 Å². The number of benzene rings is 2. The lowest BCUT2D eigenvalue weighted by molar-refractivity contribution is 0.429. The summed E-state index contributed by atoms with van der Waals surface area (Å²) in [6.07, 6.45) is 10.3. The minimum atomic E-state index is 0.472. The maximum absolute atomic E-state index is 6.11. The Morgan fingerprint density at radius 2 is 1.55 bits per heavy atom. The van der Waals surface area contributed by atoms with Crippen LogP contribution in [0.2, 0.25) is 5.02 Å². The number of halogens is 1. The van der Waals surface area contributed by atoms with E-state index < -0.39 is 0 Å². The molecule has 1 aliphatic carbocycles. The molecule has 2 N–H and O–H groups in total. The van der Waals surface area contributed by atoms with Gasteiger partial charge in [-0.3, -0.25) is 9.97 Å². The molecule has 29 heavy (non-hydrogen) atoms. The van der Waals surface area contributed by atoms with E-state index in [1.54, 1.807) is 0 Å². The van der Waals surface area contributed by atoms with Crippen molar-refractivity contribution in [1.29, 1.82) is 0 Å². The van der Waals surface area contributed by atoms with E-state index in [2.05, 4.69) is 50.9 Å². The number of pyridine rings is 2. The van der Waals surface area contributed by atoms with E-state index >= 15 is 0 Å². The lowest BCUT2D eigenvalue weighted by Crippen LogP contribution is -2.32. The van der Waals surface area contributed by atoms with Gasteiger partial charge in [-0.25, -0.2) is 0 Å². The third-order valence-electron chi connectivity index (χ3n) is 5.82. The summed E-state index contributed by atoms with van der Waals surface area (Å²) in [6.45, 7) is 0. The van der Waals surface area contributed by atoms with Gasteiger partial charge >= 0.3 is 0 Å². The van der Waals surface area contributed by atoms with Crippen LogP contribution in [-0.2, 0) is 0 Å². The van der Waals surface area contributed by atoms with Crippen LogP contribution in [0.3, 0.4) is 0 Å². The highest BCUT2D eigenvalue weighted by atomic mass is 35.5. The summed E-state index contributed by atoms with van der Waals surface area (Å²) in [5.74, 6) is 0. The standard InChI is InChI=1S/C24H23ClN4/c25-17-5-10-21-22(11-12-27-23(21)13-17)28-18-6-8-19(9-7-18)29-24-15-26-14-16-3-1-2-4-20(16)24/h1-5,10-15,18-19,29H,6-9H2,(H,27,28)/t18-,19+. The molecule has 0 spiro atoms. The highest BCUT2D eigenvalue weighted by molar-refractivity contribution is 6.31. The zero-order valence-corrected chi connectivity index (χ0v) is 16.9. The summed E-state index contributed by atoms with van der Waals surface area (Å²) in [7, 11) is 0. The SMILES string of the molecule is Clc1ccc2c(N[C@H]3CC[C@@H](Nc4cncc5ccccc45)CC3)ccnc2c1. The first-order valence-electron chi connectivity index (χ1n) is 10.2. The smallest absolute Gasteiger partial charge is 0.0737 e. The van der Waals surface area contributed by atoms with E-state index in [9.17, 15) is 0 Å². The van der Waals surface area contributed by atoms with E-state index in [4.69, 9.17) is 11.6 Å². The molecule has 0 bridgehead atoms. The first-order chi connectivity index (χ1) is 14.3. The Hall–Kier alpha value is -2.85. The average molecular weight is 403 g/mol. The van der Waals surface area contributed by atoms with Crippen molar-refractivity contribution in [3.05, 3.63) is 72.1 Å². The van der Waals surface area contributed by atoms with Crippen LogP contribution in [0.5, 0.6) is 0 Å². The van der Waals surface area contributed by atoms with Gasteiger partial charge in [0.1, 0.15) is 0 Å². The number of aromatic nitrogens is 2. The van der Waals surface area contributed by atoms with Gasteiger partial charge in [-0.1, -0.05) is 35.9 Å². The first-order valence-corrected chi connectivity index (χ1v) is 10.5. The zero-order chi connectivity index (χ0) is 19.6. The molecule has 0 aliphatic heterocycles. The van der Waals surface area contributed by atoms with Crippen molar-refractivity contribution in [1.82, 2.24) is 9.97 Å². The fourth-order valence-electron chi connectivity index (χ4n) is 4.30. The molecular formula is C24H23ClN4. The summed E-state index contributed by atoms with van der Waals surface area (Å²) >= 11 is 6.11. The highest BCUT2D eigenvalue weighted by Crippen LogP contribution is 2.30. The van der Waals surface area contributed by atoms with Crippen LogP contribution >= 0.6 is 11.6 Å². The molecule has 1 saturated carbocycles. The van der Waals surface area contributed by atoms with Crippen molar-refractivity contribution < 1.29 is 0 Å². The summed E-state index contributed by atoms with van der Waals surface area (Å²) in [4.78, 5) is 8.83. The van der Waals surface area contributed by atoms with Crippen molar-refractivity contribution in [2.45, 2.75) is 37.8 Å². The maximum Gasteiger partial charge on any atom is 0.0737 e. The lowest BCUT2D eigenvalue weighted by Gasteiger charge is -2.31. The number of anilines is 2. The fourth-order valence-corrected chi connectivity index (χ4v) is 4.47. The van der Waals surface area contributed by atoms with Crippen molar-refractivity contribution in [2.24, 2.45) is 0 Å². The molecule has 5 heteroatoms. The van der Waals surface area contributed by atoms with Crippen LogP contribution < -0.4 is 10.6 Å². The van der Waals surface area contributed by atoms with Gasteiger partial charge in [0.2, 0.25) is 0 Å². The monoisotopic (exact) mass is 402 g/mol. The zero-order valence-electron chi connectivity index (χ0n) is 16.1. The van der Waals surface area contributed by atoms with Crippen molar-refractivity contribution >= 4 is 44.7 Å². The van der Waals surface area contributed by atoms with Crippen LogP contribution in [-0.4, -0.2) is 22.1 Å². The van der Waals surface area contributed by atoms with Crippen molar-refractivity contribution in [3.8, 4) is 0 Å². The summed E-state index contributed by atoms with van der Waals surface area (Å²) < 4.78 is 0. The van der Waals surface area contributed by atoms with E-state index in [1.165, 1.54) is 10.8 Å². The number of hydrogen-bond donors (Lipinski definition) is 2. The Bertz CT molecular complexity index is 1150. The minimum Gasteiger partial charge on any atom is -0.382 e. The molecule has 2 aromatic heterocycles. The summed E-state index contributed by atoms with van der Waals surface area (Å²) in [6, 6.07) is 17.3. The van der Waals surface area contributed by atoms with Gasteiger partial charge in [0.15, 0.2) is 0 Å². The maximum atomic E-state index is 6.11. The number of fused-ring (bicyclic) bond motifs is 2.